The second-order valence-electron chi connectivity index (χ2n) is 5.00. The molecule has 4 heteroatoms. The van der Waals surface area contributed by atoms with Gasteiger partial charge in [-0.2, -0.15) is 0 Å². The van der Waals surface area contributed by atoms with Crippen LogP contribution in [-0.4, -0.2) is 30.3 Å². The Morgan fingerprint density at radius 2 is 2.15 bits per heavy atom. The second kappa shape index (κ2) is 8.59. The molecule has 1 aromatic rings. The summed E-state index contributed by atoms with van der Waals surface area (Å²) in [6, 6.07) is 5.90. The molecule has 1 rings (SSSR count). The molecule has 0 aliphatic carbocycles. The zero-order chi connectivity index (χ0) is 15.0. The smallest absolute Gasteiger partial charge is 0.223 e. The molecular formula is C16H25NO3. The van der Waals surface area contributed by atoms with E-state index in [1.54, 1.807) is 0 Å². The molecule has 0 spiro atoms. The van der Waals surface area contributed by atoms with Crippen molar-refractivity contribution in [2.24, 2.45) is 0 Å². The van der Waals surface area contributed by atoms with Crippen LogP contribution in [0, 0.1) is 13.8 Å². The van der Waals surface area contributed by atoms with Crippen molar-refractivity contribution >= 4 is 5.91 Å². The molecule has 2 N–H and O–H groups in total. The standard InChI is InChI=1S/C16H25NO3/c1-4-14(18)8-10-17-16(19)9-11-20-15-7-5-6-12(2)13(15)3/h5-7,14,18H,4,8-11H2,1-3H3,(H,17,19). The van der Waals surface area contributed by atoms with Gasteiger partial charge in [-0.1, -0.05) is 19.1 Å². The van der Waals surface area contributed by atoms with E-state index in [-0.39, 0.29) is 12.0 Å². The quantitative estimate of drug-likeness (QED) is 0.768. The van der Waals surface area contributed by atoms with Crippen molar-refractivity contribution in [3.05, 3.63) is 29.3 Å². The van der Waals surface area contributed by atoms with Gasteiger partial charge in [0, 0.05) is 6.54 Å². The number of aryl methyl sites for hydroxylation is 1. The molecule has 0 saturated carbocycles. The van der Waals surface area contributed by atoms with Gasteiger partial charge in [0.2, 0.25) is 5.91 Å². The number of hydrogen-bond acceptors (Lipinski definition) is 3. The molecular weight excluding hydrogens is 254 g/mol. The monoisotopic (exact) mass is 279 g/mol. The normalized spacial score (nSPS) is 12.0. The summed E-state index contributed by atoms with van der Waals surface area (Å²) in [4.78, 5) is 11.6. The van der Waals surface area contributed by atoms with Crippen molar-refractivity contribution in [3.8, 4) is 5.75 Å². The van der Waals surface area contributed by atoms with Crippen LogP contribution < -0.4 is 10.1 Å². The first-order chi connectivity index (χ1) is 9.54. The van der Waals surface area contributed by atoms with Gasteiger partial charge in [-0.05, 0) is 43.9 Å². The molecule has 1 unspecified atom stereocenters. The average Bonchev–Trinajstić information content (AvgIpc) is 2.43. The molecule has 20 heavy (non-hydrogen) atoms. The Morgan fingerprint density at radius 3 is 2.85 bits per heavy atom. The summed E-state index contributed by atoms with van der Waals surface area (Å²) in [6.07, 6.45) is 1.31. The van der Waals surface area contributed by atoms with Crippen molar-refractivity contribution < 1.29 is 14.6 Å². The van der Waals surface area contributed by atoms with Crippen LogP contribution in [0.5, 0.6) is 5.75 Å². The Labute approximate surface area is 121 Å². The molecule has 112 valence electrons. The molecule has 1 aromatic carbocycles. The van der Waals surface area contributed by atoms with Gasteiger partial charge in [-0.15, -0.1) is 0 Å². The van der Waals surface area contributed by atoms with Gasteiger partial charge in [0.1, 0.15) is 5.75 Å². The molecule has 0 aromatic heterocycles. The van der Waals surface area contributed by atoms with E-state index in [0.717, 1.165) is 11.3 Å². The number of ether oxygens (including phenoxy) is 1. The maximum Gasteiger partial charge on any atom is 0.223 e. The number of aliphatic hydroxyl groups is 1. The van der Waals surface area contributed by atoms with Gasteiger partial charge in [-0.25, -0.2) is 0 Å². The van der Waals surface area contributed by atoms with Gasteiger partial charge in [0.15, 0.2) is 0 Å². The molecule has 0 radical (unpaired) electrons. The van der Waals surface area contributed by atoms with Crippen LogP contribution in [0.1, 0.15) is 37.3 Å². The van der Waals surface area contributed by atoms with Crippen molar-refractivity contribution in [1.82, 2.24) is 5.32 Å². The van der Waals surface area contributed by atoms with Crippen molar-refractivity contribution in [3.63, 3.8) is 0 Å². The van der Waals surface area contributed by atoms with Gasteiger partial charge in [0.25, 0.3) is 0 Å². The van der Waals surface area contributed by atoms with Crippen LogP contribution in [0.2, 0.25) is 0 Å². The first-order valence-electron chi connectivity index (χ1n) is 7.18. The zero-order valence-corrected chi connectivity index (χ0v) is 12.6. The van der Waals surface area contributed by atoms with E-state index in [4.69, 9.17) is 4.74 Å². The Hall–Kier alpha value is -1.55. The van der Waals surface area contributed by atoms with Crippen LogP contribution >= 0.6 is 0 Å². The number of carbonyl (C=O) groups is 1. The third-order valence-electron chi connectivity index (χ3n) is 3.41. The SMILES string of the molecule is CCC(O)CCNC(=O)CCOc1cccc(C)c1C. The number of benzene rings is 1. The zero-order valence-electron chi connectivity index (χ0n) is 12.6. The number of nitrogens with one attached hydrogen (secondary N) is 1. The molecule has 4 nitrogen and oxygen atoms in total. The summed E-state index contributed by atoms with van der Waals surface area (Å²) < 4.78 is 5.63. The molecule has 1 amide bonds. The number of amides is 1. The summed E-state index contributed by atoms with van der Waals surface area (Å²) in [5.74, 6) is 0.790. The largest absolute Gasteiger partial charge is 0.493 e. The fraction of sp³-hybridized carbons (Fsp3) is 0.562. The highest BCUT2D eigenvalue weighted by Gasteiger charge is 2.06. The van der Waals surface area contributed by atoms with E-state index in [0.29, 0.717) is 32.4 Å². The fourth-order valence-corrected chi connectivity index (χ4v) is 1.80. The molecule has 0 saturated heterocycles. The molecule has 0 fully saturated rings. The molecule has 0 heterocycles. The minimum absolute atomic E-state index is 0.0430. The van der Waals surface area contributed by atoms with E-state index in [1.165, 1.54) is 5.56 Å². The molecule has 0 aliphatic rings. The highest BCUT2D eigenvalue weighted by molar-refractivity contribution is 5.75. The van der Waals surface area contributed by atoms with E-state index in [1.807, 2.05) is 39.0 Å². The summed E-state index contributed by atoms with van der Waals surface area (Å²) in [7, 11) is 0. The minimum atomic E-state index is -0.332. The van der Waals surface area contributed by atoms with E-state index in [2.05, 4.69) is 5.32 Å². The number of rotatable bonds is 8. The molecule has 0 bridgehead atoms. The highest BCUT2D eigenvalue weighted by Crippen LogP contribution is 2.20. The summed E-state index contributed by atoms with van der Waals surface area (Å²) in [6.45, 7) is 6.85. The first kappa shape index (κ1) is 16.5. The summed E-state index contributed by atoms with van der Waals surface area (Å²) in [5, 5.41) is 12.2. The van der Waals surface area contributed by atoms with Crippen molar-refractivity contribution in [2.45, 2.75) is 46.1 Å². The van der Waals surface area contributed by atoms with Crippen LogP contribution in [0.15, 0.2) is 18.2 Å². The second-order valence-corrected chi connectivity index (χ2v) is 5.00. The maximum atomic E-state index is 11.6. The van der Waals surface area contributed by atoms with Gasteiger partial charge >= 0.3 is 0 Å². The van der Waals surface area contributed by atoms with E-state index >= 15 is 0 Å². The summed E-state index contributed by atoms with van der Waals surface area (Å²) in [5.41, 5.74) is 2.29. The number of hydrogen-bond donors (Lipinski definition) is 2. The molecule has 0 aliphatic heterocycles. The Kier molecular flexibility index (Phi) is 7.09. The average molecular weight is 279 g/mol. The van der Waals surface area contributed by atoms with Crippen LogP contribution in [0.4, 0.5) is 0 Å². The predicted octanol–water partition coefficient (Wildman–Crippen LogP) is 2.35. The number of aliphatic hydroxyl groups excluding tert-OH is 1. The van der Waals surface area contributed by atoms with E-state index < -0.39 is 0 Å². The van der Waals surface area contributed by atoms with Gasteiger partial charge in [-0.3, -0.25) is 4.79 Å². The lowest BCUT2D eigenvalue weighted by Crippen LogP contribution is -2.28. The third kappa shape index (κ3) is 5.61. The van der Waals surface area contributed by atoms with Crippen molar-refractivity contribution in [1.29, 1.82) is 0 Å². The van der Waals surface area contributed by atoms with Gasteiger partial charge < -0.3 is 15.2 Å². The van der Waals surface area contributed by atoms with Crippen molar-refractivity contribution in [2.75, 3.05) is 13.2 Å². The fourth-order valence-electron chi connectivity index (χ4n) is 1.80. The minimum Gasteiger partial charge on any atom is -0.493 e. The molecule has 1 atom stereocenters. The lowest BCUT2D eigenvalue weighted by molar-refractivity contribution is -0.121. The Balaban J connectivity index is 2.23. The van der Waals surface area contributed by atoms with E-state index in [9.17, 15) is 9.90 Å². The maximum absolute atomic E-state index is 11.6. The topological polar surface area (TPSA) is 58.6 Å². The van der Waals surface area contributed by atoms with Crippen LogP contribution in [0.25, 0.3) is 0 Å². The first-order valence-corrected chi connectivity index (χ1v) is 7.18. The Morgan fingerprint density at radius 1 is 1.40 bits per heavy atom. The number of carbonyl (C=O) groups excluding carboxylic acids is 1. The predicted molar refractivity (Wildman–Crippen MR) is 80.0 cm³/mol. The highest BCUT2D eigenvalue weighted by atomic mass is 16.5. The lowest BCUT2D eigenvalue weighted by atomic mass is 10.1. The van der Waals surface area contributed by atoms with Gasteiger partial charge in [0.05, 0.1) is 19.1 Å². The Bertz CT molecular complexity index is 432. The lowest BCUT2D eigenvalue weighted by Gasteiger charge is -2.11. The van der Waals surface area contributed by atoms with Crippen LogP contribution in [-0.2, 0) is 4.79 Å². The third-order valence-corrected chi connectivity index (χ3v) is 3.41. The van der Waals surface area contributed by atoms with Crippen LogP contribution in [0.3, 0.4) is 0 Å². The summed E-state index contributed by atoms with van der Waals surface area (Å²) >= 11 is 0.